The topological polar surface area (TPSA) is 75.0 Å². The fourth-order valence-corrected chi connectivity index (χ4v) is 3.76. The number of hydrogen-bond acceptors (Lipinski definition) is 3. The van der Waals surface area contributed by atoms with Crippen LogP contribution in [-0.2, 0) is 11.3 Å². The van der Waals surface area contributed by atoms with Gasteiger partial charge in [0.15, 0.2) is 0 Å². The number of aromatic amines is 1. The first-order valence-electron chi connectivity index (χ1n) is 9.40. The van der Waals surface area contributed by atoms with Crippen LogP contribution < -0.4 is 5.73 Å². The minimum atomic E-state index is -0.169. The Bertz CT molecular complexity index is 894. The third-order valence-corrected chi connectivity index (χ3v) is 5.38. The minimum absolute atomic E-state index is 0.0237. The van der Waals surface area contributed by atoms with Crippen molar-refractivity contribution in [1.82, 2.24) is 15.1 Å². The first-order valence-corrected chi connectivity index (χ1v) is 9.40. The third kappa shape index (κ3) is 3.93. The van der Waals surface area contributed by atoms with Crippen LogP contribution >= 0.6 is 0 Å². The lowest BCUT2D eigenvalue weighted by Gasteiger charge is -2.30. The second kappa shape index (κ2) is 7.76. The molecule has 0 atom stereocenters. The van der Waals surface area contributed by atoms with Gasteiger partial charge >= 0.3 is 0 Å². The number of carbonyl (C=O) groups is 1. The first-order chi connectivity index (χ1) is 13.2. The summed E-state index contributed by atoms with van der Waals surface area (Å²) in [6.45, 7) is 2.62. The van der Waals surface area contributed by atoms with Gasteiger partial charge in [0.2, 0.25) is 5.91 Å². The number of likely N-dealkylation sites (tertiary alicyclic amines) is 1. The molecule has 138 valence electrons. The van der Waals surface area contributed by atoms with Gasteiger partial charge in [0.1, 0.15) is 0 Å². The first kappa shape index (κ1) is 17.5. The average Bonchev–Trinajstić information content (AvgIpc) is 3.17. The summed E-state index contributed by atoms with van der Waals surface area (Å²) in [5, 5.41) is 7.41. The van der Waals surface area contributed by atoms with Gasteiger partial charge < -0.3 is 5.73 Å². The number of primary amides is 1. The smallest absolute Gasteiger partial charge is 0.220 e. The normalized spacial score (nSPS) is 15.7. The van der Waals surface area contributed by atoms with Crippen molar-refractivity contribution in [1.29, 1.82) is 0 Å². The summed E-state index contributed by atoms with van der Waals surface area (Å²) in [6, 6.07) is 18.9. The number of nitrogens with zero attached hydrogens (tertiary/aromatic N) is 2. The van der Waals surface area contributed by atoms with Gasteiger partial charge in [-0.15, -0.1) is 0 Å². The SMILES string of the molecule is NC(=O)C1CCN(Cc2cn[nH]c2-c2ccc(-c3ccccc3)cc2)CC1. The van der Waals surface area contributed by atoms with Crippen molar-refractivity contribution in [2.45, 2.75) is 19.4 Å². The minimum Gasteiger partial charge on any atom is -0.369 e. The second-order valence-corrected chi connectivity index (χ2v) is 7.17. The lowest BCUT2D eigenvalue weighted by Crippen LogP contribution is -2.38. The molecule has 5 heteroatoms. The Morgan fingerprint density at radius 1 is 1.00 bits per heavy atom. The molecule has 0 spiro atoms. The third-order valence-electron chi connectivity index (χ3n) is 5.38. The van der Waals surface area contributed by atoms with E-state index in [0.29, 0.717) is 0 Å². The van der Waals surface area contributed by atoms with Crippen molar-refractivity contribution in [3.8, 4) is 22.4 Å². The van der Waals surface area contributed by atoms with Gasteiger partial charge in [-0.1, -0.05) is 54.6 Å². The highest BCUT2D eigenvalue weighted by Gasteiger charge is 2.23. The standard InChI is InChI=1S/C22H24N4O/c23-22(27)19-10-12-26(13-11-19)15-20-14-24-25-21(20)18-8-6-17(7-9-18)16-4-2-1-3-5-16/h1-9,14,19H,10-13,15H2,(H2,23,27)(H,24,25). The molecule has 3 N–H and O–H groups in total. The Kier molecular flexibility index (Phi) is 5.03. The number of rotatable bonds is 5. The molecule has 1 saturated heterocycles. The Hall–Kier alpha value is -2.92. The number of H-pyrrole nitrogens is 1. The summed E-state index contributed by atoms with van der Waals surface area (Å²) in [5.41, 5.74) is 11.2. The number of aromatic nitrogens is 2. The number of carbonyl (C=O) groups excluding carboxylic acids is 1. The zero-order chi connectivity index (χ0) is 18.6. The molecule has 0 saturated carbocycles. The monoisotopic (exact) mass is 360 g/mol. The molecule has 1 aliphatic rings. The van der Waals surface area contributed by atoms with E-state index < -0.39 is 0 Å². The maximum Gasteiger partial charge on any atom is 0.220 e. The average molecular weight is 360 g/mol. The van der Waals surface area contributed by atoms with Gasteiger partial charge in [-0.05, 0) is 42.6 Å². The zero-order valence-corrected chi connectivity index (χ0v) is 15.3. The van der Waals surface area contributed by atoms with Crippen molar-refractivity contribution in [2.24, 2.45) is 11.7 Å². The van der Waals surface area contributed by atoms with Gasteiger partial charge in [-0.2, -0.15) is 5.10 Å². The van der Waals surface area contributed by atoms with Gasteiger partial charge in [-0.3, -0.25) is 14.8 Å². The van der Waals surface area contributed by atoms with E-state index in [0.717, 1.165) is 43.7 Å². The molecule has 27 heavy (non-hydrogen) atoms. The van der Waals surface area contributed by atoms with Crippen LogP contribution in [0.4, 0.5) is 0 Å². The summed E-state index contributed by atoms with van der Waals surface area (Å²) in [7, 11) is 0. The number of nitrogens with one attached hydrogen (secondary N) is 1. The Morgan fingerprint density at radius 3 is 2.30 bits per heavy atom. The maximum atomic E-state index is 11.3. The molecule has 5 nitrogen and oxygen atoms in total. The molecular formula is C22H24N4O. The number of nitrogens with two attached hydrogens (primary N) is 1. The van der Waals surface area contributed by atoms with E-state index in [2.05, 4.69) is 63.6 Å². The molecule has 1 amide bonds. The highest BCUT2D eigenvalue weighted by atomic mass is 16.1. The van der Waals surface area contributed by atoms with Crippen molar-refractivity contribution >= 4 is 5.91 Å². The predicted molar refractivity (Wildman–Crippen MR) is 107 cm³/mol. The molecular weight excluding hydrogens is 336 g/mol. The molecule has 2 aromatic carbocycles. The number of hydrogen-bond donors (Lipinski definition) is 2. The molecule has 1 aromatic heterocycles. The van der Waals surface area contributed by atoms with E-state index in [9.17, 15) is 4.79 Å². The Labute approximate surface area is 159 Å². The Morgan fingerprint density at radius 2 is 1.63 bits per heavy atom. The highest BCUT2D eigenvalue weighted by Crippen LogP contribution is 2.27. The molecule has 0 bridgehead atoms. The number of amides is 1. The molecule has 0 radical (unpaired) electrons. The van der Waals surface area contributed by atoms with Crippen LogP contribution in [0, 0.1) is 5.92 Å². The van der Waals surface area contributed by atoms with Crippen LogP contribution in [0.3, 0.4) is 0 Å². The fourth-order valence-electron chi connectivity index (χ4n) is 3.76. The van der Waals surface area contributed by atoms with Crippen molar-refractivity contribution in [3.63, 3.8) is 0 Å². The summed E-state index contributed by atoms with van der Waals surface area (Å²) < 4.78 is 0. The van der Waals surface area contributed by atoms with E-state index in [1.54, 1.807) is 0 Å². The lowest BCUT2D eigenvalue weighted by molar-refractivity contribution is -0.123. The van der Waals surface area contributed by atoms with Crippen LogP contribution in [0.1, 0.15) is 18.4 Å². The molecule has 1 aliphatic heterocycles. The molecule has 0 unspecified atom stereocenters. The lowest BCUT2D eigenvalue weighted by atomic mass is 9.96. The van der Waals surface area contributed by atoms with E-state index in [1.165, 1.54) is 16.7 Å². The summed E-state index contributed by atoms with van der Waals surface area (Å²) in [4.78, 5) is 13.7. The second-order valence-electron chi connectivity index (χ2n) is 7.17. The highest BCUT2D eigenvalue weighted by molar-refractivity contribution is 5.76. The molecule has 3 aromatic rings. The van der Waals surface area contributed by atoms with Crippen LogP contribution in [0.2, 0.25) is 0 Å². The molecule has 1 fully saturated rings. The summed E-state index contributed by atoms with van der Waals surface area (Å²) >= 11 is 0. The molecule has 0 aliphatic carbocycles. The maximum absolute atomic E-state index is 11.3. The van der Waals surface area contributed by atoms with Crippen LogP contribution in [-0.4, -0.2) is 34.1 Å². The van der Waals surface area contributed by atoms with Gasteiger partial charge in [0, 0.05) is 18.0 Å². The fraction of sp³-hybridized carbons (Fsp3) is 0.273. The predicted octanol–water partition coefficient (Wildman–Crippen LogP) is 3.44. The van der Waals surface area contributed by atoms with Crippen molar-refractivity contribution < 1.29 is 4.79 Å². The van der Waals surface area contributed by atoms with Gasteiger partial charge in [-0.25, -0.2) is 0 Å². The molecule has 2 heterocycles. The largest absolute Gasteiger partial charge is 0.369 e. The van der Waals surface area contributed by atoms with Crippen LogP contribution in [0.15, 0.2) is 60.8 Å². The molecule has 4 rings (SSSR count). The Balaban J connectivity index is 1.47. The van der Waals surface area contributed by atoms with E-state index in [4.69, 9.17) is 5.73 Å². The zero-order valence-electron chi connectivity index (χ0n) is 15.3. The quantitative estimate of drug-likeness (QED) is 0.732. The van der Waals surface area contributed by atoms with Crippen LogP contribution in [0.5, 0.6) is 0 Å². The van der Waals surface area contributed by atoms with Gasteiger partial charge in [0.25, 0.3) is 0 Å². The van der Waals surface area contributed by atoms with E-state index >= 15 is 0 Å². The van der Waals surface area contributed by atoms with E-state index in [1.807, 2.05) is 12.3 Å². The number of benzene rings is 2. The summed E-state index contributed by atoms with van der Waals surface area (Å²) in [6.07, 6.45) is 3.59. The van der Waals surface area contributed by atoms with Crippen molar-refractivity contribution in [2.75, 3.05) is 13.1 Å². The van der Waals surface area contributed by atoms with E-state index in [-0.39, 0.29) is 11.8 Å². The number of piperidine rings is 1. The van der Waals surface area contributed by atoms with Crippen LogP contribution in [0.25, 0.3) is 22.4 Å². The van der Waals surface area contributed by atoms with Crippen molar-refractivity contribution in [3.05, 3.63) is 66.4 Å². The summed E-state index contributed by atoms with van der Waals surface area (Å²) in [5.74, 6) is -0.146. The van der Waals surface area contributed by atoms with Gasteiger partial charge in [0.05, 0.1) is 11.9 Å².